The number of carbonyl (C=O) groups is 1. The molecule has 0 bridgehead atoms. The number of hydrogen-bond donors (Lipinski definition) is 0. The van der Waals surface area contributed by atoms with Crippen LogP contribution in [0.2, 0.25) is 0 Å². The van der Waals surface area contributed by atoms with Gasteiger partial charge in [-0.1, -0.05) is 6.07 Å². The van der Waals surface area contributed by atoms with Crippen molar-refractivity contribution in [3.63, 3.8) is 0 Å². The van der Waals surface area contributed by atoms with Gasteiger partial charge < -0.3 is 4.74 Å². The quantitative estimate of drug-likeness (QED) is 0.762. The first-order valence-corrected chi connectivity index (χ1v) is 5.82. The fourth-order valence-electron chi connectivity index (χ4n) is 2.56. The average Bonchev–Trinajstić information content (AvgIpc) is 2.69. The fourth-order valence-corrected chi connectivity index (χ4v) is 2.56. The Morgan fingerprint density at radius 1 is 1.25 bits per heavy atom. The van der Waals surface area contributed by atoms with Crippen molar-refractivity contribution in [1.82, 2.24) is 0 Å². The largest absolute Gasteiger partial charge is 0.496 e. The van der Waals surface area contributed by atoms with Gasteiger partial charge in [-0.25, -0.2) is 0 Å². The predicted molar refractivity (Wildman–Crippen MR) is 64.1 cm³/mol. The molecule has 0 radical (unpaired) electrons. The Kier molecular flexibility index (Phi) is 2.99. The summed E-state index contributed by atoms with van der Waals surface area (Å²) in [6, 6.07) is 4.03. The van der Waals surface area contributed by atoms with Crippen molar-refractivity contribution in [2.24, 2.45) is 0 Å². The van der Waals surface area contributed by atoms with E-state index in [0.29, 0.717) is 5.78 Å². The molecule has 2 nitrogen and oxygen atoms in total. The minimum Gasteiger partial charge on any atom is -0.496 e. The van der Waals surface area contributed by atoms with E-state index >= 15 is 0 Å². The van der Waals surface area contributed by atoms with E-state index in [1.54, 1.807) is 7.11 Å². The first-order chi connectivity index (χ1) is 7.65. The molecular weight excluding hydrogens is 200 g/mol. The molecule has 1 fully saturated rings. The Morgan fingerprint density at radius 3 is 2.56 bits per heavy atom. The minimum atomic E-state index is 0.129. The highest BCUT2D eigenvalue weighted by atomic mass is 16.5. The van der Waals surface area contributed by atoms with Gasteiger partial charge in [-0.05, 0) is 49.4 Å². The Morgan fingerprint density at radius 2 is 2.00 bits per heavy atom. The summed E-state index contributed by atoms with van der Waals surface area (Å²) in [6.07, 6.45) is 2.79. The zero-order valence-electron chi connectivity index (χ0n) is 10.2. The summed E-state index contributed by atoms with van der Waals surface area (Å²) in [5, 5.41) is 0. The minimum absolute atomic E-state index is 0.129. The highest BCUT2D eigenvalue weighted by molar-refractivity contribution is 5.88. The third-order valence-corrected chi connectivity index (χ3v) is 3.68. The molecular formula is C14H18O2. The number of ketones is 1. The van der Waals surface area contributed by atoms with E-state index in [1.165, 1.54) is 11.1 Å². The van der Waals surface area contributed by atoms with E-state index in [-0.39, 0.29) is 5.92 Å². The van der Waals surface area contributed by atoms with E-state index in [2.05, 4.69) is 19.9 Å². The summed E-state index contributed by atoms with van der Waals surface area (Å²) in [6.45, 7) is 4.13. The Bertz CT molecular complexity index is 421. The second-order valence-corrected chi connectivity index (χ2v) is 4.52. The molecule has 0 heterocycles. The monoisotopic (exact) mass is 218 g/mol. The van der Waals surface area contributed by atoms with Gasteiger partial charge in [0.1, 0.15) is 11.5 Å². The van der Waals surface area contributed by atoms with Crippen molar-refractivity contribution in [2.75, 3.05) is 7.11 Å². The van der Waals surface area contributed by atoms with E-state index < -0.39 is 0 Å². The molecule has 2 heteroatoms. The van der Waals surface area contributed by atoms with Crippen LogP contribution in [0.15, 0.2) is 12.1 Å². The summed E-state index contributed by atoms with van der Waals surface area (Å²) in [5.74, 6) is 1.43. The zero-order chi connectivity index (χ0) is 11.7. The van der Waals surface area contributed by atoms with Crippen molar-refractivity contribution in [1.29, 1.82) is 0 Å². The molecule has 1 atom stereocenters. The highest BCUT2D eigenvalue weighted by Gasteiger charge is 2.27. The third kappa shape index (κ3) is 1.73. The van der Waals surface area contributed by atoms with E-state index in [9.17, 15) is 4.79 Å². The van der Waals surface area contributed by atoms with Crippen LogP contribution >= 0.6 is 0 Å². The van der Waals surface area contributed by atoms with Gasteiger partial charge in [-0.2, -0.15) is 0 Å². The van der Waals surface area contributed by atoms with Gasteiger partial charge in [-0.15, -0.1) is 0 Å². The van der Waals surface area contributed by atoms with Crippen molar-refractivity contribution >= 4 is 5.78 Å². The normalized spacial score (nSPS) is 20.2. The van der Waals surface area contributed by atoms with Gasteiger partial charge in [-0.3, -0.25) is 4.79 Å². The van der Waals surface area contributed by atoms with E-state index in [1.807, 2.05) is 6.07 Å². The lowest BCUT2D eigenvalue weighted by atomic mass is 9.90. The first kappa shape index (κ1) is 11.2. The van der Waals surface area contributed by atoms with E-state index in [4.69, 9.17) is 4.74 Å². The van der Waals surface area contributed by atoms with Gasteiger partial charge in [0, 0.05) is 12.3 Å². The molecule has 0 aromatic heterocycles. The molecule has 0 aliphatic heterocycles. The molecule has 1 aliphatic rings. The van der Waals surface area contributed by atoms with Crippen molar-refractivity contribution in [2.45, 2.75) is 39.0 Å². The number of methoxy groups -OCH3 is 1. The lowest BCUT2D eigenvalue weighted by Crippen LogP contribution is -2.07. The summed E-state index contributed by atoms with van der Waals surface area (Å²) in [5.41, 5.74) is 3.56. The number of hydrogen-bond acceptors (Lipinski definition) is 2. The molecule has 1 aromatic carbocycles. The van der Waals surface area contributed by atoms with Crippen LogP contribution in [0, 0.1) is 13.8 Å². The Balaban J connectivity index is 2.42. The van der Waals surface area contributed by atoms with Gasteiger partial charge in [0.15, 0.2) is 0 Å². The summed E-state index contributed by atoms with van der Waals surface area (Å²) < 4.78 is 5.29. The molecule has 0 N–H and O–H groups in total. The predicted octanol–water partition coefficient (Wildman–Crippen LogP) is 3.15. The maximum absolute atomic E-state index is 11.8. The number of carbonyl (C=O) groups excluding carboxylic acids is 1. The molecule has 1 aliphatic carbocycles. The summed E-state index contributed by atoms with van der Waals surface area (Å²) >= 11 is 0. The van der Waals surface area contributed by atoms with Crippen LogP contribution in [0.4, 0.5) is 0 Å². The van der Waals surface area contributed by atoms with Crippen LogP contribution < -0.4 is 4.74 Å². The van der Waals surface area contributed by atoms with Crippen molar-refractivity contribution in [3.8, 4) is 5.75 Å². The topological polar surface area (TPSA) is 26.3 Å². The average molecular weight is 218 g/mol. The summed E-state index contributed by atoms with van der Waals surface area (Å²) in [7, 11) is 1.68. The molecule has 1 aromatic rings. The van der Waals surface area contributed by atoms with Gasteiger partial charge in [0.05, 0.1) is 7.11 Å². The van der Waals surface area contributed by atoms with Crippen molar-refractivity contribution in [3.05, 3.63) is 28.8 Å². The number of ether oxygens (including phenoxy) is 1. The molecule has 16 heavy (non-hydrogen) atoms. The second-order valence-electron chi connectivity index (χ2n) is 4.52. The Hall–Kier alpha value is -1.31. The molecule has 1 unspecified atom stereocenters. The maximum atomic E-state index is 11.8. The molecule has 0 saturated heterocycles. The summed E-state index contributed by atoms with van der Waals surface area (Å²) in [4.78, 5) is 11.8. The van der Waals surface area contributed by atoms with E-state index in [0.717, 1.165) is 30.6 Å². The lowest BCUT2D eigenvalue weighted by molar-refractivity contribution is -0.118. The van der Waals surface area contributed by atoms with Crippen molar-refractivity contribution < 1.29 is 9.53 Å². The van der Waals surface area contributed by atoms with Gasteiger partial charge in [0.25, 0.3) is 0 Å². The molecule has 86 valence electrons. The number of rotatable bonds is 2. The maximum Gasteiger partial charge on any atom is 0.140 e. The standard InChI is InChI=1S/C14H18O2/c1-9-10(2)14(16-3)8-7-11(9)12-5-4-6-13(12)15/h7-8,12H,4-6H2,1-3H3. The van der Waals surface area contributed by atoms with Crippen LogP contribution in [-0.4, -0.2) is 12.9 Å². The Labute approximate surface area is 96.6 Å². The zero-order valence-corrected chi connectivity index (χ0v) is 10.2. The smallest absolute Gasteiger partial charge is 0.140 e. The molecule has 1 saturated carbocycles. The number of Topliss-reactive ketones (excluding diaryl/α,β-unsaturated/α-hetero) is 1. The third-order valence-electron chi connectivity index (χ3n) is 3.68. The van der Waals surface area contributed by atoms with Crippen LogP contribution in [0.25, 0.3) is 0 Å². The SMILES string of the molecule is COc1ccc(C2CCCC2=O)c(C)c1C. The van der Waals surface area contributed by atoms with Crippen LogP contribution in [0.5, 0.6) is 5.75 Å². The molecule has 0 amide bonds. The van der Waals surface area contributed by atoms with Crippen LogP contribution in [0.1, 0.15) is 41.9 Å². The van der Waals surface area contributed by atoms with Gasteiger partial charge in [0.2, 0.25) is 0 Å². The number of benzene rings is 1. The van der Waals surface area contributed by atoms with Crippen LogP contribution in [-0.2, 0) is 4.79 Å². The van der Waals surface area contributed by atoms with Gasteiger partial charge >= 0.3 is 0 Å². The highest BCUT2D eigenvalue weighted by Crippen LogP contribution is 2.36. The molecule has 0 spiro atoms. The first-order valence-electron chi connectivity index (χ1n) is 5.82. The lowest BCUT2D eigenvalue weighted by Gasteiger charge is -2.16. The van der Waals surface area contributed by atoms with Crippen LogP contribution in [0.3, 0.4) is 0 Å². The molecule has 2 rings (SSSR count). The second kappa shape index (κ2) is 4.28. The fraction of sp³-hybridized carbons (Fsp3) is 0.500.